The number of hydrogen-bond donors (Lipinski definition) is 1. The van der Waals surface area contributed by atoms with Crippen molar-refractivity contribution in [1.82, 2.24) is 10.1 Å². The van der Waals surface area contributed by atoms with Crippen LogP contribution in [-0.4, -0.2) is 15.2 Å². The third-order valence-corrected chi connectivity index (χ3v) is 1.86. The van der Waals surface area contributed by atoms with Crippen LogP contribution >= 0.6 is 0 Å². The molecule has 0 aliphatic rings. The highest BCUT2D eigenvalue weighted by Crippen LogP contribution is 2.30. The smallest absolute Gasteiger partial charge is 0.455 e. The summed E-state index contributed by atoms with van der Waals surface area (Å²) in [6.45, 7) is 0. The first kappa shape index (κ1) is 11.4. The van der Waals surface area contributed by atoms with Crippen molar-refractivity contribution in [3.63, 3.8) is 0 Å². The predicted molar refractivity (Wildman–Crippen MR) is 46.4 cm³/mol. The highest BCUT2D eigenvalue weighted by Gasteiger charge is 2.37. The van der Waals surface area contributed by atoms with Gasteiger partial charge in [-0.3, -0.25) is 0 Å². The second kappa shape index (κ2) is 3.72. The number of phenolic OH excluding ortho intramolecular Hbond substituents is 1. The van der Waals surface area contributed by atoms with Crippen LogP contribution in [0.1, 0.15) is 5.82 Å². The molecule has 0 aliphatic carbocycles. The Morgan fingerprint density at radius 1 is 1.24 bits per heavy atom. The Labute approximate surface area is 91.5 Å². The Balaban J connectivity index is 2.44. The summed E-state index contributed by atoms with van der Waals surface area (Å²) in [5.74, 6) is -3.40. The van der Waals surface area contributed by atoms with Crippen LogP contribution in [0, 0.1) is 5.82 Å². The SMILES string of the molecule is Oc1ccc(-c2nc(C(F)(F)F)no2)c(F)c1. The van der Waals surface area contributed by atoms with E-state index >= 15 is 0 Å². The number of hydrogen-bond acceptors (Lipinski definition) is 4. The van der Waals surface area contributed by atoms with Crippen LogP contribution in [0.15, 0.2) is 22.7 Å². The molecule has 4 nitrogen and oxygen atoms in total. The maximum Gasteiger partial charge on any atom is 0.455 e. The average Bonchev–Trinajstić information content (AvgIpc) is 2.65. The van der Waals surface area contributed by atoms with Gasteiger partial charge in [0.2, 0.25) is 0 Å². The molecule has 1 aromatic carbocycles. The van der Waals surface area contributed by atoms with Gasteiger partial charge in [-0.2, -0.15) is 18.2 Å². The fourth-order valence-electron chi connectivity index (χ4n) is 1.13. The molecule has 8 heteroatoms. The standard InChI is InChI=1S/C9H4F4N2O2/c10-6-3-4(16)1-2-5(6)7-14-8(15-17-7)9(11,12)13/h1-3,16H. The number of aromatic nitrogens is 2. The average molecular weight is 248 g/mol. The number of halogens is 4. The third kappa shape index (κ3) is 2.19. The predicted octanol–water partition coefficient (Wildman–Crippen LogP) is 2.60. The quantitative estimate of drug-likeness (QED) is 0.788. The minimum atomic E-state index is -4.75. The highest BCUT2D eigenvalue weighted by molar-refractivity contribution is 5.55. The molecule has 0 aliphatic heterocycles. The molecule has 0 amide bonds. The van der Waals surface area contributed by atoms with Crippen molar-refractivity contribution in [2.24, 2.45) is 0 Å². The Bertz CT molecular complexity index is 550. The van der Waals surface area contributed by atoms with E-state index in [-0.39, 0.29) is 11.3 Å². The van der Waals surface area contributed by atoms with Gasteiger partial charge in [-0.15, -0.1) is 0 Å². The molecule has 0 fully saturated rings. The Morgan fingerprint density at radius 3 is 2.47 bits per heavy atom. The molecule has 0 saturated heterocycles. The molecule has 90 valence electrons. The van der Waals surface area contributed by atoms with Gasteiger partial charge in [-0.05, 0) is 12.1 Å². The molecule has 2 rings (SSSR count). The lowest BCUT2D eigenvalue weighted by Gasteiger charge is -1.98. The third-order valence-electron chi connectivity index (χ3n) is 1.86. The van der Waals surface area contributed by atoms with Gasteiger partial charge in [-0.25, -0.2) is 4.39 Å². The van der Waals surface area contributed by atoms with Crippen LogP contribution in [0.2, 0.25) is 0 Å². The molecule has 17 heavy (non-hydrogen) atoms. The highest BCUT2D eigenvalue weighted by atomic mass is 19.4. The lowest BCUT2D eigenvalue weighted by molar-refractivity contribution is -0.146. The molecule has 0 saturated carbocycles. The number of phenols is 1. The first-order chi connectivity index (χ1) is 7.88. The Kier molecular flexibility index (Phi) is 2.49. The summed E-state index contributed by atoms with van der Waals surface area (Å²) in [7, 11) is 0. The molecule has 1 heterocycles. The molecule has 0 spiro atoms. The number of nitrogens with zero attached hydrogens (tertiary/aromatic N) is 2. The summed E-state index contributed by atoms with van der Waals surface area (Å²) >= 11 is 0. The zero-order valence-corrected chi connectivity index (χ0v) is 7.99. The minimum Gasteiger partial charge on any atom is -0.508 e. The number of rotatable bonds is 1. The van der Waals surface area contributed by atoms with Crippen LogP contribution in [0.25, 0.3) is 11.5 Å². The maximum atomic E-state index is 13.3. The maximum absolute atomic E-state index is 13.3. The molecular weight excluding hydrogens is 244 g/mol. The van der Waals surface area contributed by atoms with Gasteiger partial charge in [0, 0.05) is 6.07 Å². The van der Waals surface area contributed by atoms with E-state index < -0.39 is 23.7 Å². The topological polar surface area (TPSA) is 59.2 Å². The molecule has 1 aromatic heterocycles. The van der Waals surface area contributed by atoms with Crippen LogP contribution < -0.4 is 0 Å². The van der Waals surface area contributed by atoms with E-state index in [9.17, 15) is 17.6 Å². The molecule has 0 unspecified atom stereocenters. The Hall–Kier alpha value is -2.12. The summed E-state index contributed by atoms with van der Waals surface area (Å²) in [5.41, 5.74) is -0.314. The van der Waals surface area contributed by atoms with E-state index in [1.54, 1.807) is 0 Å². The summed E-state index contributed by atoms with van der Waals surface area (Å²) in [4.78, 5) is 3.02. The number of benzene rings is 1. The molecule has 0 bridgehead atoms. The molecule has 0 radical (unpaired) electrons. The van der Waals surface area contributed by atoms with Crippen LogP contribution in [0.4, 0.5) is 17.6 Å². The molecule has 1 N–H and O–H groups in total. The number of aromatic hydroxyl groups is 1. The lowest BCUT2D eigenvalue weighted by Crippen LogP contribution is -2.07. The van der Waals surface area contributed by atoms with Crippen LogP contribution in [0.5, 0.6) is 5.75 Å². The first-order valence-electron chi connectivity index (χ1n) is 4.28. The van der Waals surface area contributed by atoms with Crippen LogP contribution in [-0.2, 0) is 6.18 Å². The summed E-state index contributed by atoms with van der Waals surface area (Å²) < 4.78 is 54.1. The normalized spacial score (nSPS) is 11.8. The second-order valence-corrected chi connectivity index (χ2v) is 3.09. The van der Waals surface area contributed by atoms with Crippen molar-refractivity contribution in [2.45, 2.75) is 6.18 Å². The van der Waals surface area contributed by atoms with E-state index in [0.717, 1.165) is 18.2 Å². The fraction of sp³-hybridized carbons (Fsp3) is 0.111. The largest absolute Gasteiger partial charge is 0.508 e. The van der Waals surface area contributed by atoms with Crippen LogP contribution in [0.3, 0.4) is 0 Å². The van der Waals surface area contributed by atoms with Gasteiger partial charge in [0.25, 0.3) is 11.7 Å². The zero-order valence-electron chi connectivity index (χ0n) is 7.99. The van der Waals surface area contributed by atoms with Crippen molar-refractivity contribution in [3.8, 4) is 17.2 Å². The Morgan fingerprint density at radius 2 is 1.94 bits per heavy atom. The minimum absolute atomic E-state index is 0.314. The van der Waals surface area contributed by atoms with Gasteiger partial charge in [0.15, 0.2) is 0 Å². The molecule has 2 aromatic rings. The van der Waals surface area contributed by atoms with E-state index in [4.69, 9.17) is 5.11 Å². The van der Waals surface area contributed by atoms with Crippen molar-refractivity contribution in [1.29, 1.82) is 0 Å². The summed E-state index contributed by atoms with van der Waals surface area (Å²) in [6, 6.07) is 2.86. The van der Waals surface area contributed by atoms with E-state index in [2.05, 4.69) is 14.7 Å². The fourth-order valence-corrected chi connectivity index (χ4v) is 1.13. The van der Waals surface area contributed by atoms with Crippen molar-refractivity contribution in [3.05, 3.63) is 29.8 Å². The lowest BCUT2D eigenvalue weighted by atomic mass is 10.2. The monoisotopic (exact) mass is 248 g/mol. The first-order valence-corrected chi connectivity index (χ1v) is 4.28. The van der Waals surface area contributed by atoms with Crippen molar-refractivity contribution in [2.75, 3.05) is 0 Å². The van der Waals surface area contributed by atoms with Gasteiger partial charge < -0.3 is 9.63 Å². The van der Waals surface area contributed by atoms with Gasteiger partial charge in [-0.1, -0.05) is 5.16 Å². The zero-order chi connectivity index (χ0) is 12.6. The van der Waals surface area contributed by atoms with Gasteiger partial charge in [0.1, 0.15) is 11.6 Å². The molecule has 0 atom stereocenters. The van der Waals surface area contributed by atoms with E-state index in [1.165, 1.54) is 0 Å². The van der Waals surface area contributed by atoms with Gasteiger partial charge in [0.05, 0.1) is 5.56 Å². The van der Waals surface area contributed by atoms with Gasteiger partial charge >= 0.3 is 6.18 Å². The van der Waals surface area contributed by atoms with Crippen molar-refractivity contribution >= 4 is 0 Å². The summed E-state index contributed by atoms with van der Waals surface area (Å²) in [6.07, 6.45) is -4.75. The number of alkyl halides is 3. The van der Waals surface area contributed by atoms with Crippen molar-refractivity contribution < 1.29 is 27.2 Å². The summed E-state index contributed by atoms with van der Waals surface area (Å²) in [5, 5.41) is 11.6. The van der Waals surface area contributed by atoms with E-state index in [1.807, 2.05) is 0 Å². The van der Waals surface area contributed by atoms with E-state index in [0.29, 0.717) is 0 Å². The second-order valence-electron chi connectivity index (χ2n) is 3.09. The molecular formula is C9H4F4N2O2.